The molecule has 2 saturated carbocycles. The van der Waals surface area contributed by atoms with Crippen molar-refractivity contribution in [1.29, 1.82) is 0 Å². The van der Waals surface area contributed by atoms with E-state index in [1.54, 1.807) is 0 Å². The molecule has 0 aromatic rings. The molecule has 152 valence electrons. The predicted molar refractivity (Wildman–Crippen MR) is 108 cm³/mol. The van der Waals surface area contributed by atoms with E-state index < -0.39 is 0 Å². The molecule has 2 rings (SSSR count). The number of carbonyl (C=O) groups excluding carboxylic acids is 2. The topological polar surface area (TPSA) is 70.2 Å². The van der Waals surface area contributed by atoms with Gasteiger partial charge in [0.05, 0.1) is 0 Å². The summed E-state index contributed by atoms with van der Waals surface area (Å²) < 4.78 is 0. The summed E-state index contributed by atoms with van der Waals surface area (Å²) in [5.74, 6) is 1.13. The van der Waals surface area contributed by atoms with E-state index in [4.69, 9.17) is 0 Å². The van der Waals surface area contributed by atoms with Gasteiger partial charge in [0.2, 0.25) is 11.8 Å². The van der Waals surface area contributed by atoms with Crippen LogP contribution in [0, 0.1) is 11.8 Å². The molecule has 3 N–H and O–H groups in total. The van der Waals surface area contributed by atoms with Crippen LogP contribution in [0.5, 0.6) is 0 Å². The van der Waals surface area contributed by atoms with Gasteiger partial charge in [-0.15, -0.1) is 12.4 Å². The van der Waals surface area contributed by atoms with Crippen LogP contribution in [0.25, 0.3) is 0 Å². The number of carbonyl (C=O) groups is 2. The Bertz CT molecular complexity index is 406. The van der Waals surface area contributed by atoms with E-state index in [0.29, 0.717) is 18.9 Å². The Morgan fingerprint density at radius 1 is 0.885 bits per heavy atom. The number of hydrogen-bond donors (Lipinski definition) is 3. The highest BCUT2D eigenvalue weighted by Crippen LogP contribution is 2.27. The molecule has 5 nitrogen and oxygen atoms in total. The maximum atomic E-state index is 12.2. The van der Waals surface area contributed by atoms with Crippen molar-refractivity contribution in [2.45, 2.75) is 83.6 Å². The molecule has 0 aromatic heterocycles. The molecule has 0 atom stereocenters. The second-order valence-corrected chi connectivity index (χ2v) is 7.87. The molecule has 0 bridgehead atoms. The monoisotopic (exact) mass is 387 g/mol. The summed E-state index contributed by atoms with van der Waals surface area (Å²) in [5.41, 5.74) is 0. The first-order valence-corrected chi connectivity index (χ1v) is 10.5. The van der Waals surface area contributed by atoms with Gasteiger partial charge >= 0.3 is 0 Å². The highest BCUT2D eigenvalue weighted by molar-refractivity contribution is 5.85. The van der Waals surface area contributed by atoms with Crippen molar-refractivity contribution in [2.75, 3.05) is 19.6 Å². The molecule has 0 unspecified atom stereocenters. The summed E-state index contributed by atoms with van der Waals surface area (Å²) in [7, 11) is 0. The van der Waals surface area contributed by atoms with Crippen LogP contribution in [0.15, 0.2) is 0 Å². The summed E-state index contributed by atoms with van der Waals surface area (Å²) in [6, 6.07) is 0.270. The van der Waals surface area contributed by atoms with Crippen LogP contribution in [-0.4, -0.2) is 37.5 Å². The zero-order valence-corrected chi connectivity index (χ0v) is 17.2. The molecule has 2 amide bonds. The maximum Gasteiger partial charge on any atom is 0.223 e. The van der Waals surface area contributed by atoms with Gasteiger partial charge in [-0.2, -0.15) is 0 Å². The SMILES string of the molecule is CCCNCCNC(=O)C1CCC(NC(=O)CC2CCCCC2)CC1.Cl. The molecule has 2 aliphatic carbocycles. The van der Waals surface area contributed by atoms with Gasteiger partial charge in [-0.25, -0.2) is 0 Å². The smallest absolute Gasteiger partial charge is 0.223 e. The minimum Gasteiger partial charge on any atom is -0.355 e. The fourth-order valence-corrected chi connectivity index (χ4v) is 4.16. The van der Waals surface area contributed by atoms with Crippen LogP contribution in [0.2, 0.25) is 0 Å². The number of hydrogen-bond acceptors (Lipinski definition) is 3. The average molecular weight is 388 g/mol. The molecule has 2 fully saturated rings. The molecule has 0 aromatic carbocycles. The van der Waals surface area contributed by atoms with Gasteiger partial charge in [-0.3, -0.25) is 9.59 Å². The third kappa shape index (κ3) is 8.72. The number of halogens is 1. The van der Waals surface area contributed by atoms with E-state index in [0.717, 1.165) is 45.2 Å². The molecule has 0 heterocycles. The highest BCUT2D eigenvalue weighted by atomic mass is 35.5. The van der Waals surface area contributed by atoms with Crippen LogP contribution < -0.4 is 16.0 Å². The van der Waals surface area contributed by atoms with Crippen molar-refractivity contribution < 1.29 is 9.59 Å². The molecular weight excluding hydrogens is 350 g/mol. The van der Waals surface area contributed by atoms with Crippen LogP contribution in [0.4, 0.5) is 0 Å². The second-order valence-electron chi connectivity index (χ2n) is 7.87. The first-order chi connectivity index (χ1) is 12.2. The van der Waals surface area contributed by atoms with Crippen LogP contribution >= 0.6 is 12.4 Å². The standard InChI is InChI=1S/C20H37N3O2.ClH/c1-2-12-21-13-14-22-20(25)17-8-10-18(11-9-17)23-19(24)15-16-6-4-3-5-7-16;/h16-18,21H,2-15H2,1H3,(H,22,25)(H,23,24);1H. The Morgan fingerprint density at radius 3 is 2.23 bits per heavy atom. The fourth-order valence-electron chi connectivity index (χ4n) is 4.16. The number of nitrogens with one attached hydrogen (secondary N) is 3. The normalized spacial score (nSPS) is 23.7. The average Bonchev–Trinajstić information content (AvgIpc) is 2.63. The Morgan fingerprint density at radius 2 is 1.58 bits per heavy atom. The fraction of sp³-hybridized carbons (Fsp3) is 0.900. The molecule has 0 spiro atoms. The lowest BCUT2D eigenvalue weighted by Crippen LogP contribution is -2.42. The lowest BCUT2D eigenvalue weighted by molar-refractivity contribution is -0.126. The van der Waals surface area contributed by atoms with Crippen molar-refractivity contribution in [3.05, 3.63) is 0 Å². The molecule has 6 heteroatoms. The third-order valence-corrected chi connectivity index (χ3v) is 5.69. The Kier molecular flexibility index (Phi) is 11.9. The molecular formula is C20H38ClN3O2. The van der Waals surface area contributed by atoms with Gasteiger partial charge in [0.25, 0.3) is 0 Å². The first-order valence-electron chi connectivity index (χ1n) is 10.5. The zero-order chi connectivity index (χ0) is 17.9. The van der Waals surface area contributed by atoms with E-state index in [1.807, 2.05) is 0 Å². The van der Waals surface area contributed by atoms with Crippen LogP contribution in [0.3, 0.4) is 0 Å². The van der Waals surface area contributed by atoms with Crippen molar-refractivity contribution in [1.82, 2.24) is 16.0 Å². The third-order valence-electron chi connectivity index (χ3n) is 5.69. The molecule has 2 aliphatic rings. The number of rotatable bonds is 9. The van der Waals surface area contributed by atoms with Gasteiger partial charge in [0.1, 0.15) is 0 Å². The Labute approximate surface area is 165 Å². The zero-order valence-electron chi connectivity index (χ0n) is 16.4. The van der Waals surface area contributed by atoms with Gasteiger partial charge < -0.3 is 16.0 Å². The maximum absolute atomic E-state index is 12.2. The quantitative estimate of drug-likeness (QED) is 0.532. The minimum atomic E-state index is 0. The second kappa shape index (κ2) is 13.4. The van der Waals surface area contributed by atoms with Gasteiger partial charge in [0.15, 0.2) is 0 Å². The summed E-state index contributed by atoms with van der Waals surface area (Å²) in [5, 5.41) is 9.54. The largest absolute Gasteiger partial charge is 0.355 e. The minimum absolute atomic E-state index is 0. The Hall–Kier alpha value is -0.810. The summed E-state index contributed by atoms with van der Waals surface area (Å²) in [4.78, 5) is 24.4. The van der Waals surface area contributed by atoms with E-state index >= 15 is 0 Å². The van der Waals surface area contributed by atoms with Gasteiger partial charge in [0, 0.05) is 31.5 Å². The summed E-state index contributed by atoms with van der Waals surface area (Å²) >= 11 is 0. The van der Waals surface area contributed by atoms with E-state index in [9.17, 15) is 9.59 Å². The van der Waals surface area contributed by atoms with Gasteiger partial charge in [-0.1, -0.05) is 26.2 Å². The van der Waals surface area contributed by atoms with E-state index in [2.05, 4.69) is 22.9 Å². The van der Waals surface area contributed by atoms with Gasteiger partial charge in [-0.05, 0) is 57.4 Å². The lowest BCUT2D eigenvalue weighted by atomic mass is 9.84. The highest BCUT2D eigenvalue weighted by Gasteiger charge is 2.27. The van der Waals surface area contributed by atoms with Crippen molar-refractivity contribution >= 4 is 24.2 Å². The van der Waals surface area contributed by atoms with Crippen molar-refractivity contribution in [3.63, 3.8) is 0 Å². The van der Waals surface area contributed by atoms with E-state index in [-0.39, 0.29) is 36.2 Å². The Balaban J connectivity index is 0.00000338. The molecule has 0 saturated heterocycles. The van der Waals surface area contributed by atoms with Crippen LogP contribution in [-0.2, 0) is 9.59 Å². The van der Waals surface area contributed by atoms with E-state index in [1.165, 1.54) is 32.1 Å². The molecule has 0 aliphatic heterocycles. The predicted octanol–water partition coefficient (Wildman–Crippen LogP) is 3.17. The molecule has 0 radical (unpaired) electrons. The summed E-state index contributed by atoms with van der Waals surface area (Å²) in [6.45, 7) is 4.68. The lowest BCUT2D eigenvalue weighted by Gasteiger charge is -2.29. The summed E-state index contributed by atoms with van der Waals surface area (Å²) in [6.07, 6.45) is 11.8. The number of amides is 2. The first kappa shape index (κ1) is 23.2. The van der Waals surface area contributed by atoms with Crippen molar-refractivity contribution in [3.8, 4) is 0 Å². The van der Waals surface area contributed by atoms with Crippen LogP contribution in [0.1, 0.15) is 77.6 Å². The van der Waals surface area contributed by atoms with Crippen molar-refractivity contribution in [2.24, 2.45) is 11.8 Å². The molecule has 26 heavy (non-hydrogen) atoms.